The normalized spacial score (nSPS) is 11.0. The van der Waals surface area contributed by atoms with Crippen LogP contribution in [0.5, 0.6) is 5.75 Å². The SMILES string of the molecule is CCNS(=O)(=O)c1ccc(C(=O)Oc2ccc(NC(=O)c3ccccc3)cc2)cc1. The zero-order chi connectivity index (χ0) is 21.6. The molecule has 3 aromatic carbocycles. The number of sulfonamides is 1. The van der Waals surface area contributed by atoms with E-state index in [0.717, 1.165) is 0 Å². The minimum absolute atomic E-state index is 0.0689. The third kappa shape index (κ3) is 5.31. The van der Waals surface area contributed by atoms with Gasteiger partial charge in [-0.2, -0.15) is 0 Å². The molecule has 1 amide bonds. The van der Waals surface area contributed by atoms with Crippen LogP contribution in [0.3, 0.4) is 0 Å². The molecule has 0 bridgehead atoms. The van der Waals surface area contributed by atoms with Crippen LogP contribution >= 0.6 is 0 Å². The van der Waals surface area contributed by atoms with Crippen molar-refractivity contribution in [3.05, 3.63) is 90.0 Å². The molecule has 154 valence electrons. The summed E-state index contributed by atoms with van der Waals surface area (Å²) in [5, 5.41) is 2.76. The van der Waals surface area contributed by atoms with Gasteiger partial charge in [-0.3, -0.25) is 4.79 Å². The van der Waals surface area contributed by atoms with Gasteiger partial charge in [0.15, 0.2) is 0 Å². The Morgan fingerprint density at radius 1 is 0.833 bits per heavy atom. The molecule has 0 radical (unpaired) electrons. The number of anilines is 1. The van der Waals surface area contributed by atoms with E-state index in [2.05, 4.69) is 10.0 Å². The van der Waals surface area contributed by atoms with Crippen molar-refractivity contribution in [1.29, 1.82) is 0 Å². The number of carbonyl (C=O) groups excluding carboxylic acids is 2. The van der Waals surface area contributed by atoms with Gasteiger partial charge in [0.05, 0.1) is 10.5 Å². The first-order valence-corrected chi connectivity index (χ1v) is 10.7. The largest absolute Gasteiger partial charge is 0.423 e. The van der Waals surface area contributed by atoms with Gasteiger partial charge >= 0.3 is 5.97 Å². The number of ether oxygens (including phenoxy) is 1. The van der Waals surface area contributed by atoms with E-state index in [-0.39, 0.29) is 22.9 Å². The van der Waals surface area contributed by atoms with E-state index in [1.165, 1.54) is 24.3 Å². The van der Waals surface area contributed by atoms with Crippen LogP contribution in [0.15, 0.2) is 83.8 Å². The van der Waals surface area contributed by atoms with Crippen molar-refractivity contribution >= 4 is 27.6 Å². The molecule has 0 aliphatic carbocycles. The highest BCUT2D eigenvalue weighted by Crippen LogP contribution is 2.18. The van der Waals surface area contributed by atoms with E-state index in [1.54, 1.807) is 55.5 Å². The number of hydrogen-bond acceptors (Lipinski definition) is 5. The quantitative estimate of drug-likeness (QED) is 0.447. The minimum atomic E-state index is -3.58. The Morgan fingerprint density at radius 2 is 1.47 bits per heavy atom. The second-order valence-corrected chi connectivity index (χ2v) is 8.03. The molecule has 2 N–H and O–H groups in total. The van der Waals surface area contributed by atoms with Crippen LogP contribution < -0.4 is 14.8 Å². The molecule has 7 nitrogen and oxygen atoms in total. The van der Waals surface area contributed by atoms with Gasteiger partial charge in [0.2, 0.25) is 10.0 Å². The number of amides is 1. The molecule has 30 heavy (non-hydrogen) atoms. The van der Waals surface area contributed by atoms with Gasteiger partial charge in [0, 0.05) is 17.8 Å². The van der Waals surface area contributed by atoms with Crippen molar-refractivity contribution in [3.8, 4) is 5.75 Å². The molecule has 0 unspecified atom stereocenters. The molecule has 0 atom stereocenters. The first-order valence-electron chi connectivity index (χ1n) is 9.17. The molecule has 3 rings (SSSR count). The summed E-state index contributed by atoms with van der Waals surface area (Å²) in [6, 6.07) is 20.6. The first-order chi connectivity index (χ1) is 14.4. The van der Waals surface area contributed by atoms with Crippen molar-refractivity contribution in [2.45, 2.75) is 11.8 Å². The van der Waals surface area contributed by atoms with Gasteiger partial charge in [-0.05, 0) is 60.7 Å². The molecule has 0 spiro atoms. The van der Waals surface area contributed by atoms with E-state index in [0.29, 0.717) is 17.0 Å². The maximum atomic E-state index is 12.3. The fourth-order valence-corrected chi connectivity index (χ4v) is 3.65. The fraction of sp³-hybridized carbons (Fsp3) is 0.0909. The Kier molecular flexibility index (Phi) is 6.61. The molecule has 0 saturated carbocycles. The Balaban J connectivity index is 1.62. The predicted molar refractivity (Wildman–Crippen MR) is 113 cm³/mol. The highest BCUT2D eigenvalue weighted by molar-refractivity contribution is 7.89. The van der Waals surface area contributed by atoms with Gasteiger partial charge < -0.3 is 10.1 Å². The van der Waals surface area contributed by atoms with Crippen LogP contribution in [0.2, 0.25) is 0 Å². The molecule has 0 fully saturated rings. The average Bonchev–Trinajstić information content (AvgIpc) is 2.76. The number of benzene rings is 3. The van der Waals surface area contributed by atoms with Crippen molar-refractivity contribution in [1.82, 2.24) is 4.72 Å². The monoisotopic (exact) mass is 424 g/mol. The van der Waals surface area contributed by atoms with Crippen LogP contribution in [0.1, 0.15) is 27.6 Å². The maximum absolute atomic E-state index is 12.3. The lowest BCUT2D eigenvalue weighted by Gasteiger charge is -2.08. The summed E-state index contributed by atoms with van der Waals surface area (Å²) in [7, 11) is -3.58. The van der Waals surface area contributed by atoms with Crippen LogP contribution in [0, 0.1) is 0 Å². The molecule has 3 aromatic rings. The third-order valence-corrected chi connectivity index (χ3v) is 5.65. The predicted octanol–water partition coefficient (Wildman–Crippen LogP) is 3.46. The smallest absolute Gasteiger partial charge is 0.343 e. The van der Waals surface area contributed by atoms with Gasteiger partial charge in [-0.25, -0.2) is 17.9 Å². The van der Waals surface area contributed by atoms with E-state index < -0.39 is 16.0 Å². The fourth-order valence-electron chi connectivity index (χ4n) is 2.61. The molecular weight excluding hydrogens is 404 g/mol. The Labute approximate surface area is 174 Å². The number of rotatable bonds is 7. The van der Waals surface area contributed by atoms with Gasteiger partial charge in [-0.1, -0.05) is 25.1 Å². The van der Waals surface area contributed by atoms with Gasteiger partial charge in [0.25, 0.3) is 5.91 Å². The van der Waals surface area contributed by atoms with Gasteiger partial charge in [-0.15, -0.1) is 0 Å². The lowest BCUT2D eigenvalue weighted by atomic mass is 10.2. The zero-order valence-corrected chi connectivity index (χ0v) is 17.0. The van der Waals surface area contributed by atoms with Crippen molar-refractivity contribution in [2.75, 3.05) is 11.9 Å². The van der Waals surface area contributed by atoms with Crippen molar-refractivity contribution in [2.24, 2.45) is 0 Å². The average molecular weight is 424 g/mol. The molecule has 0 heterocycles. The summed E-state index contributed by atoms with van der Waals surface area (Å²) in [5.41, 5.74) is 1.31. The summed E-state index contributed by atoms with van der Waals surface area (Å²) in [6.07, 6.45) is 0. The van der Waals surface area contributed by atoms with E-state index >= 15 is 0 Å². The zero-order valence-electron chi connectivity index (χ0n) is 16.2. The van der Waals surface area contributed by atoms with Crippen molar-refractivity contribution < 1.29 is 22.7 Å². The summed E-state index contributed by atoms with van der Waals surface area (Å²) >= 11 is 0. The third-order valence-electron chi connectivity index (χ3n) is 4.09. The van der Waals surface area contributed by atoms with E-state index in [9.17, 15) is 18.0 Å². The summed E-state index contributed by atoms with van der Waals surface area (Å²) < 4.78 is 31.6. The molecule has 8 heteroatoms. The molecule has 0 aromatic heterocycles. The Bertz CT molecular complexity index is 1130. The standard InChI is InChI=1S/C22H20N2O5S/c1-2-23-30(27,28)20-14-8-17(9-15-20)22(26)29-19-12-10-18(11-13-19)24-21(25)16-6-4-3-5-7-16/h3-15,23H,2H2,1H3,(H,24,25). The Morgan fingerprint density at radius 3 is 2.07 bits per heavy atom. The van der Waals surface area contributed by atoms with Crippen LogP contribution in [-0.2, 0) is 10.0 Å². The van der Waals surface area contributed by atoms with Gasteiger partial charge in [0.1, 0.15) is 5.75 Å². The summed E-state index contributed by atoms with van der Waals surface area (Å²) in [6.45, 7) is 1.95. The molecular formula is C22H20N2O5S. The highest BCUT2D eigenvalue weighted by atomic mass is 32.2. The van der Waals surface area contributed by atoms with Crippen molar-refractivity contribution in [3.63, 3.8) is 0 Å². The molecule has 0 aliphatic rings. The topological polar surface area (TPSA) is 102 Å². The van der Waals surface area contributed by atoms with Crippen LogP contribution in [0.25, 0.3) is 0 Å². The number of hydrogen-bond donors (Lipinski definition) is 2. The second kappa shape index (κ2) is 9.34. The van der Waals surface area contributed by atoms with Crippen LogP contribution in [-0.4, -0.2) is 26.8 Å². The summed E-state index contributed by atoms with van der Waals surface area (Å²) in [5.74, 6) is -0.571. The lowest BCUT2D eigenvalue weighted by Crippen LogP contribution is -2.23. The highest BCUT2D eigenvalue weighted by Gasteiger charge is 2.15. The molecule has 0 saturated heterocycles. The number of carbonyl (C=O) groups is 2. The number of esters is 1. The summed E-state index contributed by atoms with van der Waals surface area (Å²) in [4.78, 5) is 24.5. The van der Waals surface area contributed by atoms with E-state index in [4.69, 9.17) is 4.74 Å². The number of nitrogens with one attached hydrogen (secondary N) is 2. The maximum Gasteiger partial charge on any atom is 0.343 e. The Hall–Kier alpha value is -3.49. The first kappa shape index (κ1) is 21.2. The van der Waals surface area contributed by atoms with E-state index in [1.807, 2.05) is 6.07 Å². The molecule has 0 aliphatic heterocycles. The van der Waals surface area contributed by atoms with Crippen LogP contribution in [0.4, 0.5) is 5.69 Å². The second-order valence-electron chi connectivity index (χ2n) is 6.26. The lowest BCUT2D eigenvalue weighted by molar-refractivity contribution is 0.0734. The minimum Gasteiger partial charge on any atom is -0.423 e.